The van der Waals surface area contributed by atoms with Crippen molar-refractivity contribution in [3.63, 3.8) is 0 Å². The summed E-state index contributed by atoms with van der Waals surface area (Å²) in [4.78, 5) is 25.7. The summed E-state index contributed by atoms with van der Waals surface area (Å²) in [7, 11) is 0. The summed E-state index contributed by atoms with van der Waals surface area (Å²) in [6, 6.07) is -0.568. The van der Waals surface area contributed by atoms with E-state index < -0.39 is 35.3 Å². The lowest BCUT2D eigenvalue weighted by atomic mass is 9.86. The van der Waals surface area contributed by atoms with Crippen LogP contribution in [0.1, 0.15) is 43.6 Å². The zero-order valence-corrected chi connectivity index (χ0v) is 15.4. The minimum atomic E-state index is -4.48. The summed E-state index contributed by atoms with van der Waals surface area (Å²) < 4.78 is 63.9. The Morgan fingerprint density at radius 3 is 2.79 bits per heavy atom. The van der Waals surface area contributed by atoms with E-state index in [0.29, 0.717) is 25.9 Å². The minimum Gasteiger partial charge on any atom is -0.387 e. The Labute approximate surface area is 162 Å². The van der Waals surface area contributed by atoms with Gasteiger partial charge in [0, 0.05) is 31.8 Å². The van der Waals surface area contributed by atoms with Gasteiger partial charge < -0.3 is 15.1 Å². The first-order chi connectivity index (χ1) is 13.5. The highest BCUT2D eigenvalue weighted by molar-refractivity contribution is 6.39. The van der Waals surface area contributed by atoms with Gasteiger partial charge in [-0.2, -0.15) is 13.2 Å². The number of aromatic amines is 1. The number of carbonyl (C=O) groups excluding carboxylic acids is 1. The van der Waals surface area contributed by atoms with E-state index in [2.05, 4.69) is 20.4 Å². The molecular formula is C17H20F5N5O2. The fourth-order valence-corrected chi connectivity index (χ4v) is 4.02. The zero-order chi connectivity index (χ0) is 20.9. The van der Waals surface area contributed by atoms with Crippen LogP contribution in [0.25, 0.3) is 0 Å². The fraction of sp³-hybridized carbons (Fsp3) is 0.706. The molecule has 2 fully saturated rings. The zero-order valence-electron chi connectivity index (χ0n) is 15.4. The van der Waals surface area contributed by atoms with Crippen molar-refractivity contribution in [3.05, 3.63) is 17.7 Å². The largest absolute Gasteiger partial charge is 0.432 e. The molecule has 1 atom stereocenters. The average Bonchev–Trinajstić information content (AvgIpc) is 3.21. The lowest BCUT2D eigenvalue weighted by Gasteiger charge is -2.38. The van der Waals surface area contributed by atoms with E-state index in [0.717, 1.165) is 6.20 Å². The molecule has 4 rings (SSSR count). The predicted molar refractivity (Wildman–Crippen MR) is 90.1 cm³/mol. The second kappa shape index (κ2) is 6.92. The van der Waals surface area contributed by atoms with Gasteiger partial charge in [0.1, 0.15) is 17.2 Å². The summed E-state index contributed by atoms with van der Waals surface area (Å²) in [5.41, 5.74) is -1.49. The number of imidazole rings is 1. The van der Waals surface area contributed by atoms with Crippen molar-refractivity contribution < 1.29 is 31.6 Å². The summed E-state index contributed by atoms with van der Waals surface area (Å²) in [5, 5.41) is 6.40. The van der Waals surface area contributed by atoms with Crippen LogP contribution in [0.4, 0.5) is 22.0 Å². The van der Waals surface area contributed by atoms with Crippen LogP contribution in [0.3, 0.4) is 0 Å². The van der Waals surface area contributed by atoms with Crippen LogP contribution in [-0.2, 0) is 22.4 Å². The number of rotatable bonds is 4. The molecule has 0 bridgehead atoms. The van der Waals surface area contributed by atoms with E-state index in [-0.39, 0.29) is 37.3 Å². The average molecular weight is 421 g/mol. The third-order valence-corrected chi connectivity index (χ3v) is 5.45. The fourth-order valence-electron chi connectivity index (χ4n) is 4.02. The van der Waals surface area contributed by atoms with Gasteiger partial charge >= 0.3 is 6.18 Å². The highest BCUT2D eigenvalue weighted by Gasteiger charge is 2.48. The van der Waals surface area contributed by atoms with Crippen molar-refractivity contribution in [1.29, 1.82) is 0 Å². The van der Waals surface area contributed by atoms with Crippen molar-refractivity contribution in [2.24, 2.45) is 5.16 Å². The van der Waals surface area contributed by atoms with Gasteiger partial charge in [0.05, 0.1) is 12.7 Å². The van der Waals surface area contributed by atoms with E-state index in [1.54, 1.807) is 0 Å². The van der Waals surface area contributed by atoms with Crippen LogP contribution in [0.5, 0.6) is 0 Å². The maximum absolute atomic E-state index is 12.9. The van der Waals surface area contributed by atoms with Gasteiger partial charge in [-0.05, 0) is 19.4 Å². The van der Waals surface area contributed by atoms with E-state index in [1.165, 1.54) is 0 Å². The lowest BCUT2D eigenvalue weighted by Crippen LogP contribution is -2.53. The van der Waals surface area contributed by atoms with E-state index in [1.807, 2.05) is 4.90 Å². The van der Waals surface area contributed by atoms with E-state index >= 15 is 0 Å². The summed E-state index contributed by atoms with van der Waals surface area (Å²) >= 11 is 0. The van der Waals surface area contributed by atoms with Crippen LogP contribution < -0.4 is 5.32 Å². The number of carbonyl (C=O) groups is 1. The molecule has 29 heavy (non-hydrogen) atoms. The SMILES string of the molecule is O=C(NC1CC(F)(F)C1)C1=NO[C@@]2(CCCN(Cc3ncc(C(F)(F)F)[nH]3)C2)C1. The molecule has 3 aliphatic rings. The number of nitrogens with zero attached hydrogens (tertiary/aromatic N) is 3. The molecule has 1 aromatic rings. The monoisotopic (exact) mass is 421 g/mol. The molecule has 1 aliphatic carbocycles. The Morgan fingerprint density at radius 2 is 2.14 bits per heavy atom. The molecule has 1 spiro atoms. The number of likely N-dealkylation sites (tertiary alicyclic amines) is 1. The normalized spacial score (nSPS) is 27.4. The van der Waals surface area contributed by atoms with Crippen LogP contribution in [0.15, 0.2) is 11.4 Å². The third kappa shape index (κ3) is 4.36. The quantitative estimate of drug-likeness (QED) is 0.732. The van der Waals surface area contributed by atoms with Crippen LogP contribution in [0.2, 0.25) is 0 Å². The van der Waals surface area contributed by atoms with Crippen molar-refractivity contribution in [2.45, 2.75) is 62.4 Å². The van der Waals surface area contributed by atoms with Gasteiger partial charge in [-0.1, -0.05) is 5.16 Å². The summed E-state index contributed by atoms with van der Waals surface area (Å²) in [6.45, 7) is 1.20. The first-order valence-electron chi connectivity index (χ1n) is 9.31. The molecule has 2 aliphatic heterocycles. The number of piperidine rings is 1. The number of nitrogens with one attached hydrogen (secondary N) is 2. The van der Waals surface area contributed by atoms with Crippen molar-refractivity contribution >= 4 is 11.6 Å². The van der Waals surface area contributed by atoms with Crippen LogP contribution in [0, 0.1) is 0 Å². The first-order valence-corrected chi connectivity index (χ1v) is 9.31. The van der Waals surface area contributed by atoms with Gasteiger partial charge in [-0.15, -0.1) is 0 Å². The van der Waals surface area contributed by atoms with Crippen molar-refractivity contribution in [2.75, 3.05) is 13.1 Å². The number of alkyl halides is 5. The molecule has 1 aromatic heterocycles. The standard InChI is InChI=1S/C17H20F5N5O2/c18-16(19)4-10(5-16)24-14(28)11-6-15(29-26-11)2-1-3-27(9-15)8-13-23-7-12(25-13)17(20,21)22/h7,10H,1-6,8-9H2,(H,23,25)(H,24,28)/t15-/m0/s1. The van der Waals surface area contributed by atoms with Crippen LogP contribution >= 0.6 is 0 Å². The molecule has 0 unspecified atom stereocenters. The Hall–Kier alpha value is -2.24. The Balaban J connectivity index is 1.32. The molecule has 1 saturated carbocycles. The molecule has 1 amide bonds. The summed E-state index contributed by atoms with van der Waals surface area (Å²) in [6.07, 6.45) is -2.91. The highest BCUT2D eigenvalue weighted by Crippen LogP contribution is 2.38. The highest BCUT2D eigenvalue weighted by atomic mass is 19.4. The number of hydrogen-bond donors (Lipinski definition) is 2. The Morgan fingerprint density at radius 1 is 1.38 bits per heavy atom. The lowest BCUT2D eigenvalue weighted by molar-refractivity contribution is -0.141. The van der Waals surface area contributed by atoms with Crippen molar-refractivity contribution in [1.82, 2.24) is 20.2 Å². The summed E-state index contributed by atoms with van der Waals surface area (Å²) in [5.74, 6) is -3.05. The Bertz CT molecular complexity index is 815. The third-order valence-electron chi connectivity index (χ3n) is 5.45. The molecule has 12 heteroatoms. The number of halogens is 5. The molecule has 3 heterocycles. The predicted octanol–water partition coefficient (Wildman–Crippen LogP) is 2.45. The molecule has 7 nitrogen and oxygen atoms in total. The van der Waals surface area contributed by atoms with Gasteiger partial charge in [0.25, 0.3) is 11.8 Å². The van der Waals surface area contributed by atoms with Gasteiger partial charge in [-0.25, -0.2) is 13.8 Å². The van der Waals surface area contributed by atoms with Gasteiger partial charge in [0.2, 0.25) is 0 Å². The first kappa shape index (κ1) is 20.0. The Kier molecular flexibility index (Phi) is 4.79. The van der Waals surface area contributed by atoms with E-state index in [4.69, 9.17) is 4.84 Å². The number of amides is 1. The van der Waals surface area contributed by atoms with E-state index in [9.17, 15) is 26.7 Å². The molecule has 1 saturated heterocycles. The maximum Gasteiger partial charge on any atom is 0.432 e. The van der Waals surface area contributed by atoms with Crippen molar-refractivity contribution in [3.8, 4) is 0 Å². The number of hydrogen-bond acceptors (Lipinski definition) is 5. The second-order valence-corrected chi connectivity index (χ2v) is 7.98. The number of aromatic nitrogens is 2. The smallest absolute Gasteiger partial charge is 0.387 e. The molecule has 0 aromatic carbocycles. The molecule has 0 radical (unpaired) electrons. The minimum absolute atomic E-state index is 0.152. The molecule has 2 N–H and O–H groups in total. The van der Waals surface area contributed by atoms with Crippen LogP contribution in [-0.4, -0.2) is 57.1 Å². The topological polar surface area (TPSA) is 82.6 Å². The van der Waals surface area contributed by atoms with Gasteiger partial charge in [0.15, 0.2) is 5.60 Å². The maximum atomic E-state index is 12.9. The second-order valence-electron chi connectivity index (χ2n) is 7.98. The van der Waals surface area contributed by atoms with Gasteiger partial charge in [-0.3, -0.25) is 9.69 Å². The number of H-pyrrole nitrogens is 1. The molecule has 160 valence electrons. The molecular weight excluding hydrogens is 401 g/mol. The number of oxime groups is 1.